The van der Waals surface area contributed by atoms with E-state index in [0.29, 0.717) is 5.95 Å². The van der Waals surface area contributed by atoms with E-state index in [0.717, 1.165) is 38.8 Å². The van der Waals surface area contributed by atoms with Crippen LogP contribution in [0.25, 0.3) is 103 Å². The Labute approximate surface area is 303 Å². The van der Waals surface area contributed by atoms with Crippen molar-refractivity contribution in [3.63, 3.8) is 0 Å². The van der Waals surface area contributed by atoms with E-state index in [2.05, 4.69) is 180 Å². The molecule has 0 fully saturated rings. The van der Waals surface area contributed by atoms with E-state index in [4.69, 9.17) is 9.97 Å². The second-order valence-corrected chi connectivity index (χ2v) is 14.4. The number of nitrogens with zero attached hydrogens (tertiary/aromatic N) is 3. The lowest BCUT2D eigenvalue weighted by Gasteiger charge is -2.13. The Morgan fingerprint density at radius 1 is 0.423 bits per heavy atom. The molecule has 0 aliphatic rings. The molecule has 0 N–H and O–H groups in total. The summed E-state index contributed by atoms with van der Waals surface area (Å²) in [7, 11) is 0. The van der Waals surface area contributed by atoms with Gasteiger partial charge >= 0.3 is 0 Å². The van der Waals surface area contributed by atoms with Crippen molar-refractivity contribution in [2.45, 2.75) is 0 Å². The van der Waals surface area contributed by atoms with Gasteiger partial charge in [0.05, 0.1) is 22.2 Å². The number of thiophene rings is 1. The monoisotopic (exact) mass is 679 g/mol. The van der Waals surface area contributed by atoms with Crippen LogP contribution in [0.4, 0.5) is 0 Å². The summed E-state index contributed by atoms with van der Waals surface area (Å²) in [6, 6.07) is 63.0. The minimum atomic E-state index is 0.664. The van der Waals surface area contributed by atoms with Crippen molar-refractivity contribution in [2.24, 2.45) is 0 Å². The molecule has 11 rings (SSSR count). The molecule has 0 atom stereocenters. The third-order valence-electron chi connectivity index (χ3n) is 10.4. The van der Waals surface area contributed by atoms with Crippen LogP contribution < -0.4 is 0 Å². The predicted molar refractivity (Wildman–Crippen MR) is 221 cm³/mol. The maximum Gasteiger partial charge on any atom is 0.235 e. The highest BCUT2D eigenvalue weighted by molar-refractivity contribution is 7.26. The molecule has 0 unspecified atom stereocenters. The molecule has 8 aromatic carbocycles. The average molecular weight is 680 g/mol. The van der Waals surface area contributed by atoms with E-state index in [-0.39, 0.29) is 0 Å². The van der Waals surface area contributed by atoms with Gasteiger partial charge in [-0.2, -0.15) is 0 Å². The van der Waals surface area contributed by atoms with Gasteiger partial charge in [0.2, 0.25) is 5.95 Å². The van der Waals surface area contributed by atoms with Gasteiger partial charge in [-0.05, 0) is 69.4 Å². The Morgan fingerprint density at radius 3 is 2.08 bits per heavy atom. The molecule has 0 aliphatic heterocycles. The molecule has 3 nitrogen and oxygen atoms in total. The van der Waals surface area contributed by atoms with Crippen molar-refractivity contribution >= 4 is 75.0 Å². The van der Waals surface area contributed by atoms with Crippen LogP contribution >= 0.6 is 11.3 Å². The number of benzene rings is 8. The molecule has 242 valence electrons. The first-order valence-corrected chi connectivity index (χ1v) is 18.4. The molecule has 0 aliphatic carbocycles. The van der Waals surface area contributed by atoms with Gasteiger partial charge < -0.3 is 0 Å². The van der Waals surface area contributed by atoms with E-state index >= 15 is 0 Å². The van der Waals surface area contributed by atoms with E-state index in [1.807, 2.05) is 11.3 Å². The summed E-state index contributed by atoms with van der Waals surface area (Å²) < 4.78 is 4.90. The summed E-state index contributed by atoms with van der Waals surface area (Å²) in [5, 5.41) is 8.50. The highest BCUT2D eigenvalue weighted by Gasteiger charge is 2.19. The topological polar surface area (TPSA) is 30.7 Å². The van der Waals surface area contributed by atoms with Crippen molar-refractivity contribution < 1.29 is 0 Å². The smallest absolute Gasteiger partial charge is 0.235 e. The lowest BCUT2D eigenvalue weighted by molar-refractivity contribution is 1.01. The normalized spacial score (nSPS) is 11.8. The van der Waals surface area contributed by atoms with Gasteiger partial charge in [-0.25, -0.2) is 9.97 Å². The van der Waals surface area contributed by atoms with Gasteiger partial charge in [0, 0.05) is 41.9 Å². The third kappa shape index (κ3) is 4.45. The lowest BCUT2D eigenvalue weighted by Crippen LogP contribution is -2.03. The quantitative estimate of drug-likeness (QED) is 0.185. The number of hydrogen-bond donors (Lipinski definition) is 0. The van der Waals surface area contributed by atoms with Crippen LogP contribution in [0, 0.1) is 0 Å². The number of aromatic nitrogens is 3. The van der Waals surface area contributed by atoms with Crippen molar-refractivity contribution in [3.05, 3.63) is 176 Å². The number of hydrogen-bond acceptors (Lipinski definition) is 3. The Balaban J connectivity index is 1.12. The van der Waals surface area contributed by atoms with E-state index < -0.39 is 0 Å². The summed E-state index contributed by atoms with van der Waals surface area (Å²) >= 11 is 1.88. The van der Waals surface area contributed by atoms with Crippen LogP contribution in [0.1, 0.15) is 0 Å². The fourth-order valence-electron chi connectivity index (χ4n) is 8.02. The van der Waals surface area contributed by atoms with Gasteiger partial charge in [-0.1, -0.05) is 140 Å². The molecule has 0 amide bonds. The first-order chi connectivity index (χ1) is 25.8. The van der Waals surface area contributed by atoms with Gasteiger partial charge in [-0.3, -0.25) is 4.57 Å². The standard InChI is InChI=1S/C48H29N3S/c1-2-12-30(13-3-1)31-14-10-15-34(28-31)46-39-17-4-7-21-41(39)49-48(50-46)51-42-22-8-5-18-40(42)45-35-26-24-33(29-32(35)25-27-43(45)51)36-19-11-20-38-37-16-6-9-23-44(37)52-47(36)38/h1-29H. The number of rotatable bonds is 4. The third-order valence-corrected chi connectivity index (χ3v) is 11.6. The van der Waals surface area contributed by atoms with E-state index in [9.17, 15) is 0 Å². The van der Waals surface area contributed by atoms with E-state index in [1.165, 1.54) is 58.4 Å². The molecular weight excluding hydrogens is 651 g/mol. The molecule has 0 bridgehead atoms. The molecule has 3 aromatic heterocycles. The van der Waals surface area contributed by atoms with Gasteiger partial charge in [-0.15, -0.1) is 11.3 Å². The Morgan fingerprint density at radius 2 is 1.15 bits per heavy atom. The minimum absolute atomic E-state index is 0.664. The van der Waals surface area contributed by atoms with Crippen LogP contribution in [0.15, 0.2) is 176 Å². The summed E-state index contributed by atoms with van der Waals surface area (Å²) in [6.45, 7) is 0. The molecule has 0 saturated carbocycles. The highest BCUT2D eigenvalue weighted by Crippen LogP contribution is 2.42. The predicted octanol–water partition coefficient (Wildman–Crippen LogP) is 13.2. The van der Waals surface area contributed by atoms with Crippen LogP contribution in [0.5, 0.6) is 0 Å². The molecular formula is C48H29N3S. The summed E-state index contributed by atoms with van der Waals surface area (Å²) in [4.78, 5) is 10.6. The first-order valence-electron chi connectivity index (χ1n) is 17.6. The van der Waals surface area contributed by atoms with Gasteiger partial charge in [0.15, 0.2) is 0 Å². The number of para-hydroxylation sites is 2. The van der Waals surface area contributed by atoms with Crippen LogP contribution in [-0.4, -0.2) is 14.5 Å². The SMILES string of the molecule is c1ccc(-c2cccc(-c3nc(-n4c5ccccc5c5c6ccc(-c7cccc8c7sc7ccccc78)cc6ccc54)nc4ccccc34)c2)cc1. The molecule has 0 saturated heterocycles. The maximum atomic E-state index is 5.38. The van der Waals surface area contributed by atoms with Crippen LogP contribution in [-0.2, 0) is 0 Å². The van der Waals surface area contributed by atoms with Crippen LogP contribution in [0.2, 0.25) is 0 Å². The van der Waals surface area contributed by atoms with Crippen molar-refractivity contribution in [1.82, 2.24) is 14.5 Å². The second kappa shape index (κ2) is 11.5. The highest BCUT2D eigenvalue weighted by atomic mass is 32.1. The molecule has 4 heteroatoms. The van der Waals surface area contributed by atoms with Gasteiger partial charge in [0.1, 0.15) is 0 Å². The summed E-state index contributed by atoms with van der Waals surface area (Å²) in [6.07, 6.45) is 0. The van der Waals surface area contributed by atoms with Crippen molar-refractivity contribution in [1.29, 1.82) is 0 Å². The summed E-state index contributed by atoms with van der Waals surface area (Å²) in [5.74, 6) is 0.664. The van der Waals surface area contributed by atoms with Gasteiger partial charge in [0.25, 0.3) is 0 Å². The first kappa shape index (κ1) is 29.1. The minimum Gasteiger partial charge on any atom is -0.278 e. The zero-order valence-electron chi connectivity index (χ0n) is 28.0. The molecule has 11 aromatic rings. The second-order valence-electron chi connectivity index (χ2n) is 13.4. The fourth-order valence-corrected chi connectivity index (χ4v) is 9.25. The zero-order valence-corrected chi connectivity index (χ0v) is 28.8. The molecule has 0 radical (unpaired) electrons. The molecule has 52 heavy (non-hydrogen) atoms. The van der Waals surface area contributed by atoms with Crippen molar-refractivity contribution in [2.75, 3.05) is 0 Å². The largest absolute Gasteiger partial charge is 0.278 e. The van der Waals surface area contributed by atoms with E-state index in [1.54, 1.807) is 0 Å². The Hall–Kier alpha value is -6.62. The summed E-state index contributed by atoms with van der Waals surface area (Å²) in [5.41, 5.74) is 9.92. The van der Waals surface area contributed by atoms with Crippen molar-refractivity contribution in [3.8, 4) is 39.5 Å². The Bertz CT molecular complexity index is 3190. The fraction of sp³-hybridized carbons (Fsp3) is 0. The zero-order chi connectivity index (χ0) is 34.2. The Kier molecular flexibility index (Phi) is 6.42. The lowest BCUT2D eigenvalue weighted by atomic mass is 9.97. The average Bonchev–Trinajstić information content (AvgIpc) is 3.77. The molecule has 3 heterocycles. The number of fused-ring (bicyclic) bond motifs is 9. The molecule has 0 spiro atoms. The maximum absolute atomic E-state index is 5.38. The van der Waals surface area contributed by atoms with Crippen LogP contribution in [0.3, 0.4) is 0 Å².